The predicted molar refractivity (Wildman–Crippen MR) is 156 cm³/mol. The van der Waals surface area contributed by atoms with Crippen molar-refractivity contribution in [2.75, 3.05) is 26.2 Å². The molecule has 38 heavy (non-hydrogen) atoms. The number of hydrogen-bond acceptors (Lipinski definition) is 4. The highest BCUT2D eigenvalue weighted by atomic mass is 35.5. The summed E-state index contributed by atoms with van der Waals surface area (Å²) in [6.07, 6.45) is 1.74. The van der Waals surface area contributed by atoms with Gasteiger partial charge in [0.1, 0.15) is 0 Å². The van der Waals surface area contributed by atoms with E-state index in [1.165, 1.54) is 5.56 Å². The smallest absolute Gasteiger partial charge is 0.251 e. The summed E-state index contributed by atoms with van der Waals surface area (Å²) in [6.45, 7) is 8.69. The first-order valence-corrected chi connectivity index (χ1v) is 14.0. The minimum absolute atomic E-state index is 0.0112. The van der Waals surface area contributed by atoms with Crippen LogP contribution in [0.4, 0.5) is 0 Å². The Morgan fingerprint density at radius 3 is 2.53 bits per heavy atom. The lowest BCUT2D eigenvalue weighted by atomic mass is 9.95. The molecule has 0 radical (unpaired) electrons. The molecule has 7 heteroatoms. The Bertz CT molecular complexity index is 1230. The van der Waals surface area contributed by atoms with Crippen LogP contribution in [0, 0.1) is 0 Å². The molecule has 4 rings (SSSR count). The third-order valence-corrected chi connectivity index (χ3v) is 7.54. The number of nitrogens with one attached hydrogen (secondary N) is 3. The van der Waals surface area contributed by atoms with Crippen LogP contribution in [0.3, 0.4) is 0 Å². The van der Waals surface area contributed by atoms with Gasteiger partial charge in [-0.05, 0) is 53.4 Å². The zero-order valence-corrected chi connectivity index (χ0v) is 23.3. The van der Waals surface area contributed by atoms with Crippen LogP contribution in [0.5, 0.6) is 0 Å². The minimum Gasteiger partial charge on any atom is -0.350 e. The zero-order valence-electron chi connectivity index (χ0n) is 22.5. The zero-order chi connectivity index (χ0) is 27.1. The standard InChI is InChI=1S/C31H39ClN4O2/c1-4-22(23-8-6-5-7-9-23)20-36-15-14-28(35-29(31(36)38)19-33-21(2)3)18-34-30(37)26-11-10-25-17-27(32)13-12-24(25)16-26/h5-13,16-17,21-22,28-29,33,35H,4,14-15,18-20H2,1-3H3,(H,34,37). The molecule has 202 valence electrons. The van der Waals surface area contributed by atoms with Crippen molar-refractivity contribution in [3.63, 3.8) is 0 Å². The van der Waals surface area contributed by atoms with Crippen molar-refractivity contribution >= 4 is 34.2 Å². The molecule has 3 atom stereocenters. The Hall–Kier alpha value is -2.93. The van der Waals surface area contributed by atoms with E-state index < -0.39 is 0 Å². The van der Waals surface area contributed by atoms with Crippen LogP contribution in [-0.4, -0.2) is 61.0 Å². The monoisotopic (exact) mass is 534 g/mol. The second kappa shape index (κ2) is 13.2. The highest BCUT2D eigenvalue weighted by molar-refractivity contribution is 6.31. The van der Waals surface area contributed by atoms with Gasteiger partial charge in [0.15, 0.2) is 0 Å². The maximum absolute atomic E-state index is 13.6. The van der Waals surface area contributed by atoms with E-state index in [0.29, 0.717) is 36.8 Å². The first kappa shape index (κ1) is 28.1. The van der Waals surface area contributed by atoms with E-state index in [4.69, 9.17) is 11.6 Å². The fraction of sp³-hybridized carbons (Fsp3) is 0.419. The van der Waals surface area contributed by atoms with Gasteiger partial charge in [-0.15, -0.1) is 0 Å². The van der Waals surface area contributed by atoms with Crippen LogP contribution in [0.2, 0.25) is 5.02 Å². The lowest BCUT2D eigenvalue weighted by molar-refractivity contribution is -0.132. The first-order chi connectivity index (χ1) is 18.3. The number of hydrogen-bond donors (Lipinski definition) is 3. The van der Waals surface area contributed by atoms with Crippen LogP contribution in [0.25, 0.3) is 10.8 Å². The third-order valence-electron chi connectivity index (χ3n) is 7.30. The number of benzene rings is 3. The summed E-state index contributed by atoms with van der Waals surface area (Å²) >= 11 is 6.09. The normalized spacial score (nSPS) is 19.0. The average Bonchev–Trinajstić information content (AvgIpc) is 3.07. The summed E-state index contributed by atoms with van der Waals surface area (Å²) in [4.78, 5) is 28.6. The fourth-order valence-corrected chi connectivity index (χ4v) is 5.24. The quantitative estimate of drug-likeness (QED) is 0.343. The second-order valence-corrected chi connectivity index (χ2v) is 10.9. The molecule has 1 saturated heterocycles. The number of carbonyl (C=O) groups is 2. The lowest BCUT2D eigenvalue weighted by Gasteiger charge is -2.29. The van der Waals surface area contributed by atoms with Crippen LogP contribution >= 0.6 is 11.6 Å². The summed E-state index contributed by atoms with van der Waals surface area (Å²) in [5.41, 5.74) is 1.87. The van der Waals surface area contributed by atoms with E-state index in [1.807, 2.05) is 47.4 Å². The van der Waals surface area contributed by atoms with Crippen LogP contribution < -0.4 is 16.0 Å². The van der Waals surface area contributed by atoms with Gasteiger partial charge in [0, 0.05) is 54.8 Å². The van der Waals surface area contributed by atoms with Gasteiger partial charge in [-0.1, -0.05) is 74.8 Å². The summed E-state index contributed by atoms with van der Waals surface area (Å²) in [5.74, 6) is 0.288. The molecule has 3 N–H and O–H groups in total. The van der Waals surface area contributed by atoms with Crippen molar-refractivity contribution in [3.8, 4) is 0 Å². The molecule has 0 aromatic heterocycles. The molecule has 0 spiro atoms. The molecule has 0 bridgehead atoms. The van der Waals surface area contributed by atoms with E-state index in [0.717, 1.165) is 23.6 Å². The Morgan fingerprint density at radius 1 is 1.05 bits per heavy atom. The summed E-state index contributed by atoms with van der Waals surface area (Å²) < 4.78 is 0. The largest absolute Gasteiger partial charge is 0.350 e. The maximum Gasteiger partial charge on any atom is 0.251 e. The van der Waals surface area contributed by atoms with Gasteiger partial charge < -0.3 is 20.9 Å². The summed E-state index contributed by atoms with van der Waals surface area (Å²) in [5, 5.41) is 12.7. The molecule has 3 aromatic carbocycles. The summed E-state index contributed by atoms with van der Waals surface area (Å²) in [7, 11) is 0. The van der Waals surface area contributed by atoms with Crippen LogP contribution in [-0.2, 0) is 4.79 Å². The first-order valence-electron chi connectivity index (χ1n) is 13.6. The molecular weight excluding hydrogens is 496 g/mol. The Labute approximate surface area is 231 Å². The molecule has 1 fully saturated rings. The number of halogens is 1. The molecule has 3 unspecified atom stereocenters. The molecule has 1 aliphatic rings. The highest BCUT2D eigenvalue weighted by Gasteiger charge is 2.32. The maximum atomic E-state index is 13.6. The van der Waals surface area contributed by atoms with E-state index in [9.17, 15) is 9.59 Å². The van der Waals surface area contributed by atoms with E-state index >= 15 is 0 Å². The number of carbonyl (C=O) groups excluding carboxylic acids is 2. The van der Waals surface area contributed by atoms with Gasteiger partial charge in [0.25, 0.3) is 5.91 Å². The van der Waals surface area contributed by atoms with Crippen LogP contribution in [0.15, 0.2) is 66.7 Å². The van der Waals surface area contributed by atoms with Crippen molar-refractivity contribution in [3.05, 3.63) is 82.9 Å². The van der Waals surface area contributed by atoms with Crippen molar-refractivity contribution in [2.24, 2.45) is 0 Å². The van der Waals surface area contributed by atoms with E-state index in [1.54, 1.807) is 0 Å². The predicted octanol–water partition coefficient (Wildman–Crippen LogP) is 4.97. The number of nitrogens with zero attached hydrogens (tertiary/aromatic N) is 1. The topological polar surface area (TPSA) is 73.5 Å². The Morgan fingerprint density at radius 2 is 1.79 bits per heavy atom. The van der Waals surface area contributed by atoms with Crippen LogP contribution in [0.1, 0.15) is 55.5 Å². The molecular formula is C31H39ClN4O2. The molecule has 0 saturated carbocycles. The average molecular weight is 535 g/mol. The molecule has 3 aromatic rings. The number of amides is 2. The summed E-state index contributed by atoms with van der Waals surface area (Å²) in [6, 6.07) is 21.6. The fourth-order valence-electron chi connectivity index (χ4n) is 5.06. The van der Waals surface area contributed by atoms with Gasteiger partial charge in [0.05, 0.1) is 6.04 Å². The molecule has 1 heterocycles. The van der Waals surface area contributed by atoms with Crippen molar-refractivity contribution in [2.45, 2.75) is 57.7 Å². The highest BCUT2D eigenvalue weighted by Crippen LogP contribution is 2.23. The Balaban J connectivity index is 1.43. The molecule has 6 nitrogen and oxygen atoms in total. The molecule has 0 aliphatic carbocycles. The SMILES string of the molecule is CCC(CN1CCC(CNC(=O)c2ccc3cc(Cl)ccc3c2)NC(CNC(C)C)C1=O)c1ccccc1. The van der Waals surface area contributed by atoms with Gasteiger partial charge in [-0.25, -0.2) is 0 Å². The second-order valence-electron chi connectivity index (χ2n) is 10.5. The van der Waals surface area contributed by atoms with Crippen molar-refractivity contribution in [1.82, 2.24) is 20.9 Å². The van der Waals surface area contributed by atoms with Gasteiger partial charge in [0.2, 0.25) is 5.91 Å². The van der Waals surface area contributed by atoms with Crippen molar-refractivity contribution in [1.29, 1.82) is 0 Å². The Kier molecular flexibility index (Phi) is 9.78. The molecule has 1 aliphatic heterocycles. The molecule has 2 amide bonds. The van der Waals surface area contributed by atoms with Gasteiger partial charge >= 0.3 is 0 Å². The minimum atomic E-state index is -0.347. The number of rotatable bonds is 10. The third kappa shape index (κ3) is 7.34. The van der Waals surface area contributed by atoms with E-state index in [-0.39, 0.29) is 35.9 Å². The van der Waals surface area contributed by atoms with E-state index in [2.05, 4.69) is 61.0 Å². The van der Waals surface area contributed by atoms with Gasteiger partial charge in [-0.3, -0.25) is 9.59 Å². The van der Waals surface area contributed by atoms with Gasteiger partial charge in [-0.2, -0.15) is 0 Å². The van der Waals surface area contributed by atoms with Crippen molar-refractivity contribution < 1.29 is 9.59 Å². The lowest BCUT2D eigenvalue weighted by Crippen LogP contribution is -2.54. The number of fused-ring (bicyclic) bond motifs is 1.